The highest BCUT2D eigenvalue weighted by atomic mass is 16.5. The Morgan fingerprint density at radius 2 is 2.33 bits per heavy atom. The molecule has 0 fully saturated rings. The summed E-state index contributed by atoms with van der Waals surface area (Å²) in [6.07, 6.45) is 1.77. The van der Waals surface area contributed by atoms with Crippen LogP contribution in [0.5, 0.6) is 0 Å². The number of nitrogens with two attached hydrogens (primary N) is 1. The molecule has 1 aromatic heterocycles. The zero-order valence-corrected chi connectivity index (χ0v) is 9.53. The van der Waals surface area contributed by atoms with E-state index >= 15 is 0 Å². The van der Waals surface area contributed by atoms with Crippen LogP contribution in [0.4, 0.5) is 5.82 Å². The summed E-state index contributed by atoms with van der Waals surface area (Å²) in [6, 6.07) is 3.94. The second kappa shape index (κ2) is 5.68. The number of rotatable bonds is 5. The van der Waals surface area contributed by atoms with Crippen molar-refractivity contribution in [3.8, 4) is 0 Å². The van der Waals surface area contributed by atoms with Crippen molar-refractivity contribution in [2.45, 2.75) is 26.0 Å². The number of nitrogen functional groups attached to an aromatic ring is 1. The largest absolute Gasteiger partial charge is 0.383 e. The molecule has 84 valence electrons. The molecule has 0 spiro atoms. The van der Waals surface area contributed by atoms with Gasteiger partial charge in [-0.1, -0.05) is 6.07 Å². The van der Waals surface area contributed by atoms with Gasteiger partial charge in [0.15, 0.2) is 0 Å². The second-order valence-electron chi connectivity index (χ2n) is 3.40. The highest BCUT2D eigenvalue weighted by Crippen LogP contribution is 2.22. The van der Waals surface area contributed by atoms with Gasteiger partial charge in [0.05, 0.1) is 12.1 Å². The van der Waals surface area contributed by atoms with Crippen molar-refractivity contribution in [2.24, 2.45) is 0 Å². The minimum Gasteiger partial charge on any atom is -0.383 e. The molecular formula is C11H19N3O. The maximum atomic E-state index is 5.82. The Kier molecular flexibility index (Phi) is 4.52. The molecule has 4 heteroatoms. The number of nitrogens with zero attached hydrogens (tertiary/aromatic N) is 1. The van der Waals surface area contributed by atoms with E-state index in [9.17, 15) is 0 Å². The quantitative estimate of drug-likeness (QED) is 0.768. The molecule has 0 saturated carbocycles. The third-order valence-corrected chi connectivity index (χ3v) is 2.42. The summed E-state index contributed by atoms with van der Waals surface area (Å²) >= 11 is 0. The fourth-order valence-corrected chi connectivity index (χ4v) is 1.70. The molecule has 0 aliphatic carbocycles. The number of aromatic nitrogens is 1. The highest BCUT2D eigenvalue weighted by molar-refractivity contribution is 5.41. The average molecular weight is 209 g/mol. The molecule has 1 rings (SSSR count). The van der Waals surface area contributed by atoms with Gasteiger partial charge >= 0.3 is 0 Å². The number of pyridine rings is 1. The monoisotopic (exact) mass is 209 g/mol. The molecule has 0 aliphatic rings. The van der Waals surface area contributed by atoms with Gasteiger partial charge in [-0.15, -0.1) is 0 Å². The van der Waals surface area contributed by atoms with Crippen LogP contribution in [0.1, 0.15) is 25.5 Å². The van der Waals surface area contributed by atoms with Crippen LogP contribution >= 0.6 is 0 Å². The zero-order chi connectivity index (χ0) is 11.3. The Labute approximate surface area is 90.8 Å². The van der Waals surface area contributed by atoms with Crippen molar-refractivity contribution in [1.29, 1.82) is 0 Å². The molecule has 0 radical (unpaired) electrons. The van der Waals surface area contributed by atoms with E-state index in [1.54, 1.807) is 6.20 Å². The fourth-order valence-electron chi connectivity index (χ4n) is 1.70. The first kappa shape index (κ1) is 11.9. The van der Waals surface area contributed by atoms with Crippen molar-refractivity contribution in [3.63, 3.8) is 0 Å². The summed E-state index contributed by atoms with van der Waals surface area (Å²) in [4.78, 5) is 4.07. The molecular weight excluding hydrogens is 190 g/mol. The first-order chi connectivity index (χ1) is 7.20. The molecule has 2 atom stereocenters. The molecule has 0 aliphatic heterocycles. The van der Waals surface area contributed by atoms with Crippen LogP contribution in [0.25, 0.3) is 0 Å². The summed E-state index contributed by atoms with van der Waals surface area (Å²) in [5.41, 5.74) is 6.81. The molecule has 2 unspecified atom stereocenters. The lowest BCUT2D eigenvalue weighted by atomic mass is 10.0. The SMILES string of the molecule is CCOC(C)C(NC)c1cccnc1N. The van der Waals surface area contributed by atoms with E-state index in [4.69, 9.17) is 10.5 Å². The van der Waals surface area contributed by atoms with Crippen molar-refractivity contribution < 1.29 is 4.74 Å². The maximum absolute atomic E-state index is 5.82. The molecule has 1 aromatic rings. The van der Waals surface area contributed by atoms with Crippen molar-refractivity contribution in [2.75, 3.05) is 19.4 Å². The fraction of sp³-hybridized carbons (Fsp3) is 0.545. The lowest BCUT2D eigenvalue weighted by Crippen LogP contribution is -2.30. The van der Waals surface area contributed by atoms with Crippen molar-refractivity contribution >= 4 is 5.82 Å². The van der Waals surface area contributed by atoms with Crippen LogP contribution in [-0.4, -0.2) is 24.7 Å². The third kappa shape index (κ3) is 2.91. The van der Waals surface area contributed by atoms with Gasteiger partial charge in [0.1, 0.15) is 5.82 Å². The standard InChI is InChI=1S/C11H19N3O/c1-4-15-8(2)10(13-3)9-6-5-7-14-11(9)12/h5-8,10,13H,4H2,1-3H3,(H2,12,14). The van der Waals surface area contributed by atoms with E-state index in [0.29, 0.717) is 12.4 Å². The van der Waals surface area contributed by atoms with Gasteiger partial charge < -0.3 is 15.8 Å². The van der Waals surface area contributed by atoms with Gasteiger partial charge in [-0.25, -0.2) is 4.98 Å². The van der Waals surface area contributed by atoms with Gasteiger partial charge in [0.25, 0.3) is 0 Å². The van der Waals surface area contributed by atoms with Crippen LogP contribution < -0.4 is 11.1 Å². The first-order valence-electron chi connectivity index (χ1n) is 5.20. The van der Waals surface area contributed by atoms with Crippen molar-refractivity contribution in [3.05, 3.63) is 23.9 Å². The van der Waals surface area contributed by atoms with Gasteiger partial charge in [-0.2, -0.15) is 0 Å². The van der Waals surface area contributed by atoms with E-state index in [0.717, 1.165) is 5.56 Å². The molecule has 0 aromatic carbocycles. The Morgan fingerprint density at radius 3 is 2.87 bits per heavy atom. The van der Waals surface area contributed by atoms with E-state index < -0.39 is 0 Å². The van der Waals surface area contributed by atoms with E-state index in [1.807, 2.05) is 33.0 Å². The number of likely N-dealkylation sites (N-methyl/N-ethyl adjacent to an activating group) is 1. The molecule has 3 N–H and O–H groups in total. The van der Waals surface area contributed by atoms with Gasteiger partial charge in [-0.3, -0.25) is 0 Å². The topological polar surface area (TPSA) is 60.2 Å². The normalized spacial score (nSPS) is 14.9. The van der Waals surface area contributed by atoms with Crippen LogP contribution in [0.15, 0.2) is 18.3 Å². The minimum absolute atomic E-state index is 0.0755. The van der Waals surface area contributed by atoms with E-state index in [2.05, 4.69) is 10.3 Å². The number of hydrogen-bond acceptors (Lipinski definition) is 4. The smallest absolute Gasteiger partial charge is 0.128 e. The Morgan fingerprint density at radius 1 is 1.60 bits per heavy atom. The maximum Gasteiger partial charge on any atom is 0.128 e. The lowest BCUT2D eigenvalue weighted by molar-refractivity contribution is 0.0494. The minimum atomic E-state index is 0.0755. The predicted octanol–water partition coefficient (Wildman–Crippen LogP) is 1.35. The Balaban J connectivity index is 2.87. The Bertz CT molecular complexity index is 304. The molecule has 0 saturated heterocycles. The molecule has 0 bridgehead atoms. The van der Waals surface area contributed by atoms with Crippen LogP contribution in [0.2, 0.25) is 0 Å². The van der Waals surface area contributed by atoms with Gasteiger partial charge in [0, 0.05) is 18.4 Å². The summed E-state index contributed by atoms with van der Waals surface area (Å²) < 4.78 is 5.56. The molecule has 4 nitrogen and oxygen atoms in total. The summed E-state index contributed by atoms with van der Waals surface area (Å²) in [7, 11) is 1.90. The number of hydrogen-bond donors (Lipinski definition) is 2. The third-order valence-electron chi connectivity index (χ3n) is 2.42. The summed E-state index contributed by atoms with van der Waals surface area (Å²) in [5.74, 6) is 0.559. The van der Waals surface area contributed by atoms with Gasteiger partial charge in [-0.05, 0) is 27.0 Å². The number of nitrogens with one attached hydrogen (secondary N) is 1. The van der Waals surface area contributed by atoms with Crippen LogP contribution in [-0.2, 0) is 4.74 Å². The molecule has 15 heavy (non-hydrogen) atoms. The second-order valence-corrected chi connectivity index (χ2v) is 3.40. The molecule has 1 heterocycles. The lowest BCUT2D eigenvalue weighted by Gasteiger charge is -2.24. The first-order valence-corrected chi connectivity index (χ1v) is 5.20. The predicted molar refractivity (Wildman–Crippen MR) is 61.5 cm³/mol. The zero-order valence-electron chi connectivity index (χ0n) is 9.53. The number of ether oxygens (including phenoxy) is 1. The van der Waals surface area contributed by atoms with Crippen LogP contribution in [0.3, 0.4) is 0 Å². The van der Waals surface area contributed by atoms with E-state index in [1.165, 1.54) is 0 Å². The van der Waals surface area contributed by atoms with Crippen LogP contribution in [0, 0.1) is 0 Å². The number of anilines is 1. The summed E-state index contributed by atoms with van der Waals surface area (Å²) in [6.45, 7) is 4.70. The van der Waals surface area contributed by atoms with E-state index in [-0.39, 0.29) is 12.1 Å². The summed E-state index contributed by atoms with van der Waals surface area (Å²) in [5, 5.41) is 3.20. The van der Waals surface area contributed by atoms with Crippen molar-refractivity contribution in [1.82, 2.24) is 10.3 Å². The molecule has 0 amide bonds. The van der Waals surface area contributed by atoms with Gasteiger partial charge in [0.2, 0.25) is 0 Å². The average Bonchev–Trinajstić information content (AvgIpc) is 2.22. The Hall–Kier alpha value is -1.13. The highest BCUT2D eigenvalue weighted by Gasteiger charge is 2.19.